The molecule has 0 aliphatic carbocycles. The summed E-state index contributed by atoms with van der Waals surface area (Å²) in [6.07, 6.45) is 2.76. The van der Waals surface area contributed by atoms with Gasteiger partial charge in [0.25, 0.3) is 0 Å². The molecule has 0 saturated carbocycles. The van der Waals surface area contributed by atoms with Crippen molar-refractivity contribution < 1.29 is 4.79 Å². The highest BCUT2D eigenvalue weighted by molar-refractivity contribution is 5.60. The molecule has 1 aliphatic rings. The molecule has 0 spiro atoms. The van der Waals surface area contributed by atoms with Crippen LogP contribution in [0.1, 0.15) is 11.1 Å². The predicted molar refractivity (Wildman–Crippen MR) is 46.5 cm³/mol. The lowest BCUT2D eigenvalue weighted by Gasteiger charge is -2.20. The lowest BCUT2D eigenvalue weighted by molar-refractivity contribution is 0.500. The number of carbonyl (C=O) groups excluding carboxylic acids is 1. The van der Waals surface area contributed by atoms with Gasteiger partial charge in [-0.1, -0.05) is 24.3 Å². The van der Waals surface area contributed by atoms with Crippen LogP contribution in [0.15, 0.2) is 24.3 Å². The monoisotopic (exact) mass is 160 g/mol. The van der Waals surface area contributed by atoms with Crippen molar-refractivity contribution in [3.8, 4) is 0 Å². The maximum atomic E-state index is 10.4. The minimum absolute atomic E-state index is 0.111. The van der Waals surface area contributed by atoms with E-state index < -0.39 is 0 Å². The van der Waals surface area contributed by atoms with E-state index >= 15 is 0 Å². The number of hydrogen-bond acceptors (Lipinski definition) is 2. The molecular weight excluding hydrogens is 150 g/mol. The van der Waals surface area contributed by atoms with Crippen molar-refractivity contribution >= 4 is 6.29 Å². The first-order valence-electron chi connectivity index (χ1n) is 4.08. The molecular formula is C10H10NO. The molecule has 1 unspecified atom stereocenters. The minimum Gasteiger partial charge on any atom is -0.303 e. The van der Waals surface area contributed by atoms with E-state index in [0.29, 0.717) is 0 Å². The molecule has 1 aliphatic heterocycles. The van der Waals surface area contributed by atoms with Crippen LogP contribution < -0.4 is 5.32 Å². The average molecular weight is 160 g/mol. The van der Waals surface area contributed by atoms with Gasteiger partial charge in [-0.3, -0.25) is 4.79 Å². The number of rotatable bonds is 1. The van der Waals surface area contributed by atoms with Gasteiger partial charge in [0, 0.05) is 6.54 Å². The fraction of sp³-hybridized carbons (Fsp3) is 0.300. The summed E-state index contributed by atoms with van der Waals surface area (Å²) in [6, 6.07) is 8.07. The Hall–Kier alpha value is -1.15. The summed E-state index contributed by atoms with van der Waals surface area (Å²) in [4.78, 5) is 10.4. The van der Waals surface area contributed by atoms with Gasteiger partial charge in [0.05, 0.1) is 6.04 Å². The second-order valence-electron chi connectivity index (χ2n) is 3.02. The van der Waals surface area contributed by atoms with Crippen molar-refractivity contribution in [2.45, 2.75) is 19.0 Å². The highest BCUT2D eigenvalue weighted by Gasteiger charge is 2.16. The Morgan fingerprint density at radius 3 is 2.83 bits per heavy atom. The van der Waals surface area contributed by atoms with Crippen LogP contribution in [0.25, 0.3) is 0 Å². The van der Waals surface area contributed by atoms with Crippen molar-refractivity contribution in [2.75, 3.05) is 0 Å². The van der Waals surface area contributed by atoms with Crippen molar-refractivity contribution in [3.63, 3.8) is 0 Å². The molecule has 1 aromatic rings. The van der Waals surface area contributed by atoms with Gasteiger partial charge >= 0.3 is 0 Å². The second-order valence-corrected chi connectivity index (χ2v) is 3.02. The molecule has 1 N–H and O–H groups in total. The standard InChI is InChI=1S/C10H10NO/c12-7-10-5-8-3-1-2-4-9(8)6-11-10/h1-4,10-11H,5-6H2. The van der Waals surface area contributed by atoms with E-state index in [1.54, 1.807) is 0 Å². The van der Waals surface area contributed by atoms with Crippen LogP contribution in [0.5, 0.6) is 0 Å². The molecule has 0 saturated heterocycles. The van der Waals surface area contributed by atoms with Crippen molar-refractivity contribution in [2.24, 2.45) is 0 Å². The highest BCUT2D eigenvalue weighted by Crippen LogP contribution is 2.14. The maximum Gasteiger partial charge on any atom is 0.217 e. The Balaban J connectivity index is 2.28. The molecule has 0 bridgehead atoms. The zero-order valence-electron chi connectivity index (χ0n) is 6.71. The Morgan fingerprint density at radius 2 is 2.08 bits per heavy atom. The fourth-order valence-corrected chi connectivity index (χ4v) is 1.54. The molecule has 12 heavy (non-hydrogen) atoms. The van der Waals surface area contributed by atoms with E-state index in [4.69, 9.17) is 0 Å². The smallest absolute Gasteiger partial charge is 0.217 e. The third-order valence-electron chi connectivity index (χ3n) is 2.22. The van der Waals surface area contributed by atoms with Crippen LogP contribution in [0.2, 0.25) is 0 Å². The summed E-state index contributed by atoms with van der Waals surface area (Å²) in [5.74, 6) is 0. The van der Waals surface area contributed by atoms with Crippen LogP contribution in [0.3, 0.4) is 0 Å². The topological polar surface area (TPSA) is 29.1 Å². The number of nitrogens with one attached hydrogen (secondary N) is 1. The van der Waals surface area contributed by atoms with Crippen molar-refractivity contribution in [1.29, 1.82) is 0 Å². The van der Waals surface area contributed by atoms with E-state index in [9.17, 15) is 4.79 Å². The third kappa shape index (κ3) is 1.25. The Labute approximate surface area is 71.6 Å². The lowest BCUT2D eigenvalue weighted by atomic mass is 9.97. The van der Waals surface area contributed by atoms with Crippen LogP contribution in [-0.4, -0.2) is 12.3 Å². The zero-order chi connectivity index (χ0) is 8.39. The summed E-state index contributed by atoms with van der Waals surface area (Å²) >= 11 is 0. The summed E-state index contributed by atoms with van der Waals surface area (Å²) in [5, 5.41) is 3.10. The molecule has 1 heterocycles. The average Bonchev–Trinajstić information content (AvgIpc) is 2.17. The summed E-state index contributed by atoms with van der Waals surface area (Å²) < 4.78 is 0. The highest BCUT2D eigenvalue weighted by atomic mass is 16.1. The van der Waals surface area contributed by atoms with Crippen molar-refractivity contribution in [1.82, 2.24) is 5.32 Å². The maximum absolute atomic E-state index is 10.4. The van der Waals surface area contributed by atoms with E-state index in [1.807, 2.05) is 18.4 Å². The molecule has 1 aromatic carbocycles. The van der Waals surface area contributed by atoms with E-state index in [1.165, 1.54) is 11.1 Å². The zero-order valence-corrected chi connectivity index (χ0v) is 6.71. The Kier molecular flexibility index (Phi) is 1.92. The van der Waals surface area contributed by atoms with Crippen LogP contribution >= 0.6 is 0 Å². The fourth-order valence-electron chi connectivity index (χ4n) is 1.54. The van der Waals surface area contributed by atoms with Gasteiger partial charge < -0.3 is 5.32 Å². The Bertz CT molecular complexity index is 296. The van der Waals surface area contributed by atoms with Crippen LogP contribution in [0.4, 0.5) is 0 Å². The largest absolute Gasteiger partial charge is 0.303 e. The van der Waals surface area contributed by atoms with Crippen LogP contribution in [0, 0.1) is 0 Å². The van der Waals surface area contributed by atoms with Gasteiger partial charge in [-0.15, -0.1) is 0 Å². The molecule has 2 heteroatoms. The summed E-state index contributed by atoms with van der Waals surface area (Å²) in [6.45, 7) is 0.788. The summed E-state index contributed by atoms with van der Waals surface area (Å²) in [7, 11) is 0. The molecule has 0 fully saturated rings. The molecule has 61 valence electrons. The van der Waals surface area contributed by atoms with E-state index in [-0.39, 0.29) is 6.04 Å². The molecule has 0 aromatic heterocycles. The predicted octanol–water partition coefficient (Wildman–Crippen LogP) is 0.811. The van der Waals surface area contributed by atoms with Crippen molar-refractivity contribution in [3.05, 3.63) is 35.4 Å². The Morgan fingerprint density at radius 1 is 1.33 bits per heavy atom. The van der Waals surface area contributed by atoms with Gasteiger partial charge in [0.2, 0.25) is 6.29 Å². The summed E-state index contributed by atoms with van der Waals surface area (Å²) in [5.41, 5.74) is 2.56. The third-order valence-corrected chi connectivity index (χ3v) is 2.22. The number of fused-ring (bicyclic) bond motifs is 1. The van der Waals surface area contributed by atoms with Gasteiger partial charge in [-0.25, -0.2) is 0 Å². The molecule has 2 rings (SSSR count). The first-order valence-corrected chi connectivity index (χ1v) is 4.08. The molecule has 1 radical (unpaired) electrons. The van der Waals surface area contributed by atoms with E-state index in [2.05, 4.69) is 17.4 Å². The van der Waals surface area contributed by atoms with Gasteiger partial charge in [-0.05, 0) is 17.5 Å². The lowest BCUT2D eigenvalue weighted by Crippen LogP contribution is -2.36. The quantitative estimate of drug-likeness (QED) is 0.658. The second kappa shape index (κ2) is 3.07. The van der Waals surface area contributed by atoms with Gasteiger partial charge in [0.1, 0.15) is 0 Å². The van der Waals surface area contributed by atoms with Gasteiger partial charge in [-0.2, -0.15) is 0 Å². The minimum atomic E-state index is -0.111. The molecule has 1 atom stereocenters. The first-order chi connectivity index (χ1) is 5.90. The van der Waals surface area contributed by atoms with E-state index in [0.717, 1.165) is 13.0 Å². The first kappa shape index (κ1) is 7.50. The van der Waals surface area contributed by atoms with Crippen LogP contribution in [-0.2, 0) is 17.8 Å². The molecule has 0 amide bonds. The normalized spacial score (nSPS) is 21.5. The number of benzene rings is 1. The SMILES string of the molecule is O=[C]C1Cc2ccccc2CN1. The van der Waals surface area contributed by atoms with Gasteiger partial charge in [0.15, 0.2) is 0 Å². The molecule has 2 nitrogen and oxygen atoms in total. The number of hydrogen-bond donors (Lipinski definition) is 1.